The van der Waals surface area contributed by atoms with E-state index in [0.717, 1.165) is 19.3 Å². The lowest BCUT2D eigenvalue weighted by molar-refractivity contribution is -0.140. The van der Waals surface area contributed by atoms with Gasteiger partial charge in [0.1, 0.15) is 12.3 Å². The first-order valence-corrected chi connectivity index (χ1v) is 14.5. The fraction of sp³-hybridized carbons (Fsp3) is 0.800. The van der Waals surface area contributed by atoms with Crippen molar-refractivity contribution >= 4 is 27.7 Å². The lowest BCUT2D eigenvalue weighted by Crippen LogP contribution is -2.55. The van der Waals surface area contributed by atoms with E-state index in [0.29, 0.717) is 45.3 Å². The van der Waals surface area contributed by atoms with E-state index in [-0.39, 0.29) is 24.7 Å². The van der Waals surface area contributed by atoms with Crippen LogP contribution in [0.4, 0.5) is 0 Å². The Hall–Kier alpha value is -1.98. The summed E-state index contributed by atoms with van der Waals surface area (Å²) in [4.78, 5) is 41.9. The molecule has 3 amide bonds. The quantitative estimate of drug-likeness (QED) is 0.292. The van der Waals surface area contributed by atoms with Crippen molar-refractivity contribution in [3.63, 3.8) is 0 Å². The van der Waals surface area contributed by atoms with Crippen LogP contribution in [0.25, 0.3) is 0 Å². The molecule has 0 saturated heterocycles. The van der Waals surface area contributed by atoms with Crippen molar-refractivity contribution in [1.82, 2.24) is 14.9 Å². The molecule has 1 aliphatic heterocycles. The molecule has 4 aliphatic rings. The molecule has 0 aromatic rings. The van der Waals surface area contributed by atoms with Gasteiger partial charge in [-0.2, -0.15) is 0 Å². The number of fused-ring (bicyclic) bond motifs is 2. The number of nitrogens with one attached hydrogen (secondary N) is 2. The molecule has 0 spiro atoms. The zero-order chi connectivity index (χ0) is 26.1. The van der Waals surface area contributed by atoms with Crippen LogP contribution in [0, 0.1) is 17.8 Å². The summed E-state index contributed by atoms with van der Waals surface area (Å²) < 4.78 is 37.9. The van der Waals surface area contributed by atoms with E-state index in [4.69, 9.17) is 9.47 Å². The maximum Gasteiger partial charge on any atom is 0.259 e. The Kier molecular flexibility index (Phi) is 7.83. The second-order valence-corrected chi connectivity index (χ2v) is 13.1. The Morgan fingerprint density at radius 2 is 1.94 bits per heavy atom. The number of carbonyl (C=O) groups excluding carboxylic acids is 3. The lowest BCUT2D eigenvalue weighted by atomic mass is 9.93. The van der Waals surface area contributed by atoms with Gasteiger partial charge in [0.05, 0.1) is 22.7 Å². The molecule has 0 radical (unpaired) electrons. The van der Waals surface area contributed by atoms with Crippen molar-refractivity contribution in [2.24, 2.45) is 17.8 Å². The molecule has 3 saturated carbocycles. The van der Waals surface area contributed by atoms with E-state index in [1.165, 1.54) is 0 Å². The predicted octanol–water partition coefficient (Wildman–Crippen LogP) is 1.46. The predicted molar refractivity (Wildman–Crippen MR) is 132 cm³/mol. The molecule has 2 N–H and O–H groups in total. The Morgan fingerprint density at radius 1 is 1.22 bits per heavy atom. The van der Waals surface area contributed by atoms with Crippen LogP contribution in [0.2, 0.25) is 0 Å². The second kappa shape index (κ2) is 10.4. The third kappa shape index (κ3) is 5.47. The average Bonchev–Trinajstić information content (AvgIpc) is 3.70. The molecule has 11 heteroatoms. The van der Waals surface area contributed by atoms with Gasteiger partial charge in [0.15, 0.2) is 0 Å². The van der Waals surface area contributed by atoms with E-state index in [9.17, 15) is 22.8 Å². The van der Waals surface area contributed by atoms with Crippen LogP contribution in [-0.4, -0.2) is 74.4 Å². The summed E-state index contributed by atoms with van der Waals surface area (Å²) in [5.41, 5.74) is -1.33. The summed E-state index contributed by atoms with van der Waals surface area (Å²) in [6.45, 7) is 4.66. The molecule has 0 aromatic heterocycles. The van der Waals surface area contributed by atoms with Crippen LogP contribution >= 0.6 is 0 Å². The third-order valence-corrected chi connectivity index (χ3v) is 10.4. The second-order valence-electron chi connectivity index (χ2n) is 10.9. The summed E-state index contributed by atoms with van der Waals surface area (Å²) >= 11 is 0. The van der Waals surface area contributed by atoms with Crippen molar-refractivity contribution in [1.29, 1.82) is 0 Å². The van der Waals surface area contributed by atoms with Crippen molar-refractivity contribution < 1.29 is 32.3 Å². The Labute approximate surface area is 213 Å². The standard InChI is InChI=1S/C25H39N3O7S/c1-4-34-16-35-18-13-19-20(14-18)22(30)28(3)12-8-6-5-7-9-17-15-25(17,26-21(19)29)23(31)27-36(32,33)24(2)10-11-24/h7,9,17-20H,4-6,8,10-16H2,1-3H3,(H,26,29)(H,27,31)/b9-7-. The highest BCUT2D eigenvalue weighted by Crippen LogP contribution is 2.48. The number of allylic oxidation sites excluding steroid dienone is 1. The molecule has 1 heterocycles. The van der Waals surface area contributed by atoms with Gasteiger partial charge in [0.25, 0.3) is 5.91 Å². The fourth-order valence-electron chi connectivity index (χ4n) is 5.26. The summed E-state index contributed by atoms with van der Waals surface area (Å²) in [5.74, 6) is -2.78. The molecule has 0 aromatic carbocycles. The van der Waals surface area contributed by atoms with Crippen LogP contribution in [-0.2, 0) is 33.9 Å². The van der Waals surface area contributed by atoms with Crippen LogP contribution in [0.5, 0.6) is 0 Å². The van der Waals surface area contributed by atoms with Gasteiger partial charge < -0.3 is 19.7 Å². The topological polar surface area (TPSA) is 131 Å². The van der Waals surface area contributed by atoms with Crippen molar-refractivity contribution in [3.05, 3.63) is 12.2 Å². The van der Waals surface area contributed by atoms with E-state index >= 15 is 0 Å². The molecular weight excluding hydrogens is 486 g/mol. The molecule has 5 atom stereocenters. The van der Waals surface area contributed by atoms with E-state index in [1.54, 1.807) is 18.9 Å². The van der Waals surface area contributed by atoms with Crippen molar-refractivity contribution in [3.8, 4) is 0 Å². The van der Waals surface area contributed by atoms with Gasteiger partial charge >= 0.3 is 0 Å². The van der Waals surface area contributed by atoms with E-state index in [1.807, 2.05) is 19.1 Å². The summed E-state index contributed by atoms with van der Waals surface area (Å²) in [6, 6.07) is 0. The first kappa shape index (κ1) is 27.1. The maximum atomic E-state index is 13.6. The number of hydrogen-bond donors (Lipinski definition) is 2. The Bertz CT molecular complexity index is 1010. The minimum atomic E-state index is -3.85. The number of hydrogen-bond acceptors (Lipinski definition) is 7. The van der Waals surface area contributed by atoms with Crippen LogP contribution in [0.15, 0.2) is 12.2 Å². The zero-order valence-corrected chi connectivity index (χ0v) is 22.3. The number of nitrogens with zero attached hydrogens (tertiary/aromatic N) is 1. The molecule has 0 bridgehead atoms. The number of rotatable bonds is 7. The molecule has 36 heavy (non-hydrogen) atoms. The minimum Gasteiger partial charge on any atom is -0.356 e. The third-order valence-electron chi connectivity index (χ3n) is 8.22. The SMILES string of the molecule is CCOCOC1CC2C(=O)NC3(C(=O)NS(=O)(=O)C4(C)CC4)CC3/C=C\CCCCN(C)C(=O)C2C1. The van der Waals surface area contributed by atoms with Gasteiger partial charge in [0.2, 0.25) is 21.8 Å². The molecular formula is C25H39N3O7S. The number of ether oxygens (including phenoxy) is 2. The van der Waals surface area contributed by atoms with Gasteiger partial charge in [-0.3, -0.25) is 19.1 Å². The zero-order valence-electron chi connectivity index (χ0n) is 21.5. The number of carbonyl (C=O) groups is 3. The highest BCUT2D eigenvalue weighted by atomic mass is 32.2. The fourth-order valence-corrected chi connectivity index (χ4v) is 6.57. The summed E-state index contributed by atoms with van der Waals surface area (Å²) in [5, 5.41) is 2.89. The minimum absolute atomic E-state index is 0.0854. The van der Waals surface area contributed by atoms with Crippen LogP contribution in [0.1, 0.15) is 65.2 Å². The molecule has 202 valence electrons. The normalized spacial score (nSPS) is 35.1. The molecule has 5 unspecified atom stereocenters. The molecule has 10 nitrogen and oxygen atoms in total. The van der Waals surface area contributed by atoms with Gasteiger partial charge in [-0.05, 0) is 65.2 Å². The lowest BCUT2D eigenvalue weighted by Gasteiger charge is -2.27. The van der Waals surface area contributed by atoms with Gasteiger partial charge in [-0.15, -0.1) is 0 Å². The smallest absolute Gasteiger partial charge is 0.259 e. The van der Waals surface area contributed by atoms with Crippen LogP contribution in [0.3, 0.4) is 0 Å². The average molecular weight is 526 g/mol. The monoisotopic (exact) mass is 525 g/mol. The molecule has 4 rings (SSSR count). The maximum absolute atomic E-state index is 13.6. The van der Waals surface area contributed by atoms with Crippen molar-refractivity contribution in [2.45, 2.75) is 81.6 Å². The first-order chi connectivity index (χ1) is 17.0. The largest absolute Gasteiger partial charge is 0.356 e. The van der Waals surface area contributed by atoms with E-state index < -0.39 is 44.0 Å². The van der Waals surface area contributed by atoms with Crippen LogP contribution < -0.4 is 10.0 Å². The van der Waals surface area contributed by atoms with Gasteiger partial charge in [-0.25, -0.2) is 8.42 Å². The number of sulfonamides is 1. The summed E-state index contributed by atoms with van der Waals surface area (Å²) in [7, 11) is -2.10. The van der Waals surface area contributed by atoms with Gasteiger partial charge in [0, 0.05) is 26.1 Å². The van der Waals surface area contributed by atoms with Gasteiger partial charge in [-0.1, -0.05) is 12.2 Å². The first-order valence-electron chi connectivity index (χ1n) is 13.0. The molecule has 3 aliphatic carbocycles. The van der Waals surface area contributed by atoms with E-state index in [2.05, 4.69) is 10.0 Å². The highest BCUT2D eigenvalue weighted by Gasteiger charge is 2.63. The highest BCUT2D eigenvalue weighted by molar-refractivity contribution is 7.91. The Morgan fingerprint density at radius 3 is 2.64 bits per heavy atom. The van der Waals surface area contributed by atoms with Crippen molar-refractivity contribution in [2.75, 3.05) is 27.0 Å². The molecule has 3 fully saturated rings. The Balaban J connectivity index is 1.57. The number of amides is 3. The summed E-state index contributed by atoms with van der Waals surface area (Å²) in [6.07, 6.45) is 8.10.